The standard InChI is InChI=1S/C16H11ClFN/c17-15-4-2-1-3-13(15)14-9-16(14,10-19)11-5-7-12(18)8-6-11/h1-8,14H,9H2/t14-,16+/m1/s1. The fourth-order valence-corrected chi connectivity index (χ4v) is 2.92. The van der Waals surface area contributed by atoms with Gasteiger partial charge in [0.1, 0.15) is 5.82 Å². The van der Waals surface area contributed by atoms with E-state index in [0.29, 0.717) is 5.02 Å². The summed E-state index contributed by atoms with van der Waals surface area (Å²) in [6, 6.07) is 16.1. The van der Waals surface area contributed by atoms with Crippen LogP contribution in [0.15, 0.2) is 48.5 Å². The van der Waals surface area contributed by atoms with Crippen molar-refractivity contribution in [1.29, 1.82) is 5.26 Å². The molecular formula is C16H11ClFN. The minimum atomic E-state index is -0.557. The Morgan fingerprint density at radius 3 is 2.47 bits per heavy atom. The van der Waals surface area contributed by atoms with E-state index in [2.05, 4.69) is 6.07 Å². The summed E-state index contributed by atoms with van der Waals surface area (Å²) < 4.78 is 13.0. The van der Waals surface area contributed by atoms with Gasteiger partial charge >= 0.3 is 0 Å². The lowest BCUT2D eigenvalue weighted by Crippen LogP contribution is -2.06. The lowest BCUT2D eigenvalue weighted by molar-refractivity contribution is 0.626. The van der Waals surface area contributed by atoms with Crippen LogP contribution in [-0.4, -0.2) is 0 Å². The van der Waals surface area contributed by atoms with Crippen LogP contribution in [0.3, 0.4) is 0 Å². The predicted octanol–water partition coefficient (Wildman–Crippen LogP) is 4.43. The fourth-order valence-electron chi connectivity index (χ4n) is 2.65. The second-order valence-corrected chi connectivity index (χ2v) is 5.28. The summed E-state index contributed by atoms with van der Waals surface area (Å²) in [5, 5.41) is 10.2. The van der Waals surface area contributed by atoms with Crippen LogP contribution in [0.1, 0.15) is 23.5 Å². The molecule has 1 aliphatic rings. The molecule has 0 unspecified atom stereocenters. The van der Waals surface area contributed by atoms with Gasteiger partial charge in [-0.15, -0.1) is 0 Å². The largest absolute Gasteiger partial charge is 0.207 e. The average molecular weight is 272 g/mol. The van der Waals surface area contributed by atoms with Crippen LogP contribution in [0.4, 0.5) is 4.39 Å². The normalized spacial score (nSPS) is 24.8. The third-order valence-electron chi connectivity index (χ3n) is 3.80. The van der Waals surface area contributed by atoms with E-state index in [9.17, 15) is 9.65 Å². The highest BCUT2D eigenvalue weighted by Crippen LogP contribution is 2.61. The molecule has 0 heterocycles. The van der Waals surface area contributed by atoms with E-state index in [4.69, 9.17) is 11.6 Å². The van der Waals surface area contributed by atoms with Gasteiger partial charge in [-0.25, -0.2) is 4.39 Å². The summed E-state index contributed by atoms with van der Waals surface area (Å²) in [5.41, 5.74) is 1.30. The van der Waals surface area contributed by atoms with Crippen molar-refractivity contribution in [1.82, 2.24) is 0 Å². The number of nitriles is 1. The van der Waals surface area contributed by atoms with Gasteiger partial charge in [-0.3, -0.25) is 0 Å². The zero-order chi connectivity index (χ0) is 13.5. The highest BCUT2D eigenvalue weighted by molar-refractivity contribution is 6.31. The molecule has 1 nitrogen and oxygen atoms in total. The molecule has 2 aromatic carbocycles. The zero-order valence-electron chi connectivity index (χ0n) is 10.1. The Morgan fingerprint density at radius 2 is 1.84 bits per heavy atom. The van der Waals surface area contributed by atoms with Crippen molar-refractivity contribution < 1.29 is 4.39 Å². The van der Waals surface area contributed by atoms with Crippen LogP contribution in [0, 0.1) is 17.1 Å². The molecule has 0 bridgehead atoms. The number of hydrogen-bond donors (Lipinski definition) is 0. The highest BCUT2D eigenvalue weighted by atomic mass is 35.5. The number of halogens is 2. The molecule has 3 heteroatoms. The van der Waals surface area contributed by atoms with E-state index in [0.717, 1.165) is 17.5 Å². The minimum absolute atomic E-state index is 0.0941. The molecule has 2 aromatic rings. The minimum Gasteiger partial charge on any atom is -0.207 e. The molecule has 0 N–H and O–H groups in total. The van der Waals surface area contributed by atoms with Crippen molar-refractivity contribution in [2.24, 2.45) is 0 Å². The summed E-state index contributed by atoms with van der Waals surface area (Å²) >= 11 is 6.19. The monoisotopic (exact) mass is 271 g/mol. The summed E-state index contributed by atoms with van der Waals surface area (Å²) in [5.74, 6) is -0.191. The van der Waals surface area contributed by atoms with Gasteiger partial charge in [-0.05, 0) is 35.7 Å². The zero-order valence-corrected chi connectivity index (χ0v) is 10.9. The summed E-state index contributed by atoms with van der Waals surface area (Å²) in [6.45, 7) is 0. The second kappa shape index (κ2) is 4.36. The Kier molecular flexibility index (Phi) is 2.80. The Labute approximate surface area is 116 Å². The Balaban J connectivity index is 1.99. The molecule has 0 saturated heterocycles. The molecular weight excluding hydrogens is 261 g/mol. The molecule has 0 radical (unpaired) electrons. The Morgan fingerprint density at radius 1 is 1.16 bits per heavy atom. The molecule has 0 amide bonds. The molecule has 1 saturated carbocycles. The van der Waals surface area contributed by atoms with Crippen LogP contribution < -0.4 is 0 Å². The summed E-state index contributed by atoms with van der Waals surface area (Å²) in [4.78, 5) is 0. The molecule has 0 spiro atoms. The third kappa shape index (κ3) is 1.91. The first-order valence-electron chi connectivity index (χ1n) is 6.09. The van der Waals surface area contributed by atoms with E-state index in [1.807, 2.05) is 24.3 Å². The Bertz CT molecular complexity index is 659. The number of hydrogen-bond acceptors (Lipinski definition) is 1. The van der Waals surface area contributed by atoms with Crippen molar-refractivity contribution in [3.05, 3.63) is 70.5 Å². The quantitative estimate of drug-likeness (QED) is 0.793. The van der Waals surface area contributed by atoms with Gasteiger partial charge in [0.25, 0.3) is 0 Å². The number of nitrogens with zero attached hydrogens (tertiary/aromatic N) is 1. The predicted molar refractivity (Wildman–Crippen MR) is 72.5 cm³/mol. The van der Waals surface area contributed by atoms with Crippen LogP contribution in [0.25, 0.3) is 0 Å². The molecule has 1 fully saturated rings. The van der Waals surface area contributed by atoms with E-state index in [1.54, 1.807) is 12.1 Å². The van der Waals surface area contributed by atoms with E-state index >= 15 is 0 Å². The smallest absolute Gasteiger partial charge is 0.123 e. The highest BCUT2D eigenvalue weighted by Gasteiger charge is 2.57. The average Bonchev–Trinajstić information content (AvgIpc) is 3.16. The first-order valence-corrected chi connectivity index (χ1v) is 6.47. The first-order chi connectivity index (χ1) is 9.17. The van der Waals surface area contributed by atoms with Crippen molar-refractivity contribution in [2.45, 2.75) is 17.8 Å². The molecule has 94 valence electrons. The molecule has 3 rings (SSSR count). The van der Waals surface area contributed by atoms with Crippen molar-refractivity contribution in [3.63, 3.8) is 0 Å². The van der Waals surface area contributed by atoms with E-state index in [1.165, 1.54) is 12.1 Å². The molecule has 2 atom stereocenters. The van der Waals surface area contributed by atoms with Crippen LogP contribution in [0.5, 0.6) is 0 Å². The number of rotatable bonds is 2. The van der Waals surface area contributed by atoms with Gasteiger partial charge in [-0.1, -0.05) is 41.9 Å². The van der Waals surface area contributed by atoms with Gasteiger partial charge in [0.05, 0.1) is 11.5 Å². The number of benzene rings is 2. The van der Waals surface area contributed by atoms with Crippen molar-refractivity contribution in [2.75, 3.05) is 0 Å². The second-order valence-electron chi connectivity index (χ2n) is 4.87. The van der Waals surface area contributed by atoms with Crippen LogP contribution in [0.2, 0.25) is 5.02 Å². The summed E-state index contributed by atoms with van der Waals surface area (Å²) in [6.07, 6.45) is 0.735. The fraction of sp³-hybridized carbons (Fsp3) is 0.188. The first kappa shape index (κ1) is 12.2. The van der Waals surface area contributed by atoms with Crippen LogP contribution in [-0.2, 0) is 5.41 Å². The van der Waals surface area contributed by atoms with Crippen molar-refractivity contribution >= 4 is 11.6 Å². The molecule has 0 aromatic heterocycles. The summed E-state index contributed by atoms with van der Waals surface area (Å²) in [7, 11) is 0. The van der Waals surface area contributed by atoms with Gasteiger partial charge in [0, 0.05) is 10.9 Å². The maximum atomic E-state index is 13.0. The van der Waals surface area contributed by atoms with Gasteiger partial charge in [0.2, 0.25) is 0 Å². The van der Waals surface area contributed by atoms with Gasteiger partial charge in [0.15, 0.2) is 0 Å². The van der Waals surface area contributed by atoms with Crippen molar-refractivity contribution in [3.8, 4) is 6.07 Å². The van der Waals surface area contributed by atoms with E-state index in [-0.39, 0.29) is 11.7 Å². The van der Waals surface area contributed by atoms with Gasteiger partial charge < -0.3 is 0 Å². The maximum Gasteiger partial charge on any atom is 0.123 e. The molecule has 1 aliphatic carbocycles. The molecule has 19 heavy (non-hydrogen) atoms. The van der Waals surface area contributed by atoms with Crippen LogP contribution >= 0.6 is 11.6 Å². The maximum absolute atomic E-state index is 13.0. The topological polar surface area (TPSA) is 23.8 Å². The SMILES string of the molecule is N#C[C@]1(c2ccc(F)cc2)C[C@@H]1c1ccccc1Cl. The molecule has 0 aliphatic heterocycles. The van der Waals surface area contributed by atoms with Gasteiger partial charge in [-0.2, -0.15) is 5.26 Å². The lowest BCUT2D eigenvalue weighted by Gasteiger charge is -2.10. The third-order valence-corrected chi connectivity index (χ3v) is 4.14. The van der Waals surface area contributed by atoms with E-state index < -0.39 is 5.41 Å². The lowest BCUT2D eigenvalue weighted by atomic mass is 9.92. The Hall–Kier alpha value is -1.85.